The van der Waals surface area contributed by atoms with E-state index in [2.05, 4.69) is 42.2 Å². The number of alkyl halides is 1. The van der Waals surface area contributed by atoms with Gasteiger partial charge in [0.05, 0.1) is 25.9 Å². The van der Waals surface area contributed by atoms with Gasteiger partial charge in [0.2, 0.25) is 5.95 Å². The van der Waals surface area contributed by atoms with Gasteiger partial charge >= 0.3 is 14.6 Å². The van der Waals surface area contributed by atoms with Gasteiger partial charge in [0.1, 0.15) is 42.4 Å². The number of fused-ring (bicyclic) bond motifs is 5. The van der Waals surface area contributed by atoms with E-state index in [0.717, 1.165) is 19.8 Å². The average Bonchev–Trinajstić information content (AvgIpc) is 3.77. The molecule has 25 heteroatoms. The summed E-state index contributed by atoms with van der Waals surface area (Å²) in [5.74, 6) is -0.203. The van der Waals surface area contributed by atoms with Gasteiger partial charge in [-0.05, 0) is 0 Å². The van der Waals surface area contributed by atoms with Crippen LogP contribution >= 0.6 is 26.9 Å². The molecule has 10 atom stereocenters. The third-order valence-corrected chi connectivity index (χ3v) is 10.5. The molecular formula is C21H25FN10O11P2S. The standard InChI is InChI=1S/C21H25FN10O11P2S/c1-37-44(35)38-2-7-12(33)14(20(40-7)32-6-28-11-17(32)29-21(24)30-18(11)34)43-45(36,46)39-3-8-13(42-44)9(22)19(41-8)31-5-27-10-15(23)25-4-26-16(10)31/h4-9,12-14,19-20,33H,2-3H2,1H3,(H,36,46)(H2,23,25,26)(H3,24,29,30,34)/t7?,8?,9?,12?,13-,14?,19?,20+,44?,45?/m0/s1. The van der Waals surface area contributed by atoms with E-state index >= 15 is 4.39 Å². The number of nitrogens with zero attached hydrogens (tertiary/aromatic N) is 7. The lowest BCUT2D eigenvalue weighted by atomic mass is 10.1. The van der Waals surface area contributed by atoms with Gasteiger partial charge in [-0.2, -0.15) is 4.98 Å². The Bertz CT molecular complexity index is 1960. The fourth-order valence-electron chi connectivity index (χ4n) is 5.35. The zero-order valence-electron chi connectivity index (χ0n) is 23.3. The maximum atomic E-state index is 16.1. The first kappa shape index (κ1) is 31.5. The summed E-state index contributed by atoms with van der Waals surface area (Å²) in [5, 5.41) is 11.2. The number of thiol groups is 1. The van der Waals surface area contributed by atoms with Crippen molar-refractivity contribution in [2.24, 2.45) is 0 Å². The smallest absolute Gasteiger partial charge is 0.387 e. The normalized spacial score (nSPS) is 37.1. The minimum absolute atomic E-state index is 0.0387. The molecule has 2 bridgehead atoms. The van der Waals surface area contributed by atoms with Crippen LogP contribution in [0.5, 0.6) is 0 Å². The maximum absolute atomic E-state index is 16.1. The molecule has 0 amide bonds. The second kappa shape index (κ2) is 11.6. The summed E-state index contributed by atoms with van der Waals surface area (Å²) in [6.45, 7) is -5.78. The van der Waals surface area contributed by atoms with Crippen molar-refractivity contribution in [3.8, 4) is 0 Å². The molecule has 7 rings (SSSR count). The van der Waals surface area contributed by atoms with E-state index in [1.807, 2.05) is 0 Å². The molecule has 3 aliphatic heterocycles. The van der Waals surface area contributed by atoms with Crippen molar-refractivity contribution in [2.45, 2.75) is 49.1 Å². The van der Waals surface area contributed by atoms with Crippen molar-refractivity contribution in [2.75, 3.05) is 31.8 Å². The van der Waals surface area contributed by atoms with E-state index in [4.69, 9.17) is 43.6 Å². The number of halogens is 1. The van der Waals surface area contributed by atoms with Crippen LogP contribution in [-0.4, -0.2) is 101 Å². The van der Waals surface area contributed by atoms with Crippen LogP contribution in [0.15, 0.2) is 23.8 Å². The Hall–Kier alpha value is -3.08. The number of anilines is 2. The number of phosphoric acid groups is 1. The first-order valence-corrected chi connectivity index (χ1v) is 17.5. The predicted molar refractivity (Wildman–Crippen MR) is 154 cm³/mol. The quantitative estimate of drug-likeness (QED) is 0.141. The van der Waals surface area contributed by atoms with E-state index < -0.39 is 82.5 Å². The topological polar surface area (TPSA) is 278 Å². The van der Waals surface area contributed by atoms with Crippen molar-refractivity contribution >= 4 is 61.0 Å². The summed E-state index contributed by atoms with van der Waals surface area (Å²) in [6.07, 6.45) is -8.97. The molecule has 0 saturated carbocycles. The number of aliphatic hydroxyl groups excluding tert-OH is 1. The summed E-state index contributed by atoms with van der Waals surface area (Å²) in [4.78, 5) is 34.8. The molecule has 3 aliphatic rings. The lowest BCUT2D eigenvalue weighted by Crippen LogP contribution is -2.35. The van der Waals surface area contributed by atoms with Crippen molar-refractivity contribution in [3.63, 3.8) is 0 Å². The van der Waals surface area contributed by atoms with Gasteiger partial charge in [-0.15, -0.1) is 0 Å². The highest BCUT2D eigenvalue weighted by Gasteiger charge is 2.54. The molecule has 46 heavy (non-hydrogen) atoms. The molecule has 21 nitrogen and oxygen atoms in total. The van der Waals surface area contributed by atoms with Crippen LogP contribution in [0.4, 0.5) is 16.2 Å². The van der Waals surface area contributed by atoms with Crippen LogP contribution in [-0.2, 0) is 41.2 Å². The van der Waals surface area contributed by atoms with E-state index in [-0.39, 0.29) is 34.1 Å². The van der Waals surface area contributed by atoms with Gasteiger partial charge in [-0.25, -0.2) is 33.5 Å². The number of aromatic nitrogens is 8. The Balaban J connectivity index is 1.22. The van der Waals surface area contributed by atoms with Crippen molar-refractivity contribution in [1.29, 1.82) is 0 Å². The van der Waals surface area contributed by atoms with Crippen molar-refractivity contribution in [1.82, 2.24) is 39.0 Å². The van der Waals surface area contributed by atoms with Crippen LogP contribution in [0.3, 0.4) is 0 Å². The summed E-state index contributed by atoms with van der Waals surface area (Å²) in [6, 6.07) is 0. The molecule has 0 spiro atoms. The van der Waals surface area contributed by atoms with Crippen LogP contribution < -0.4 is 17.0 Å². The molecule has 248 valence electrons. The van der Waals surface area contributed by atoms with Gasteiger partial charge in [-0.3, -0.25) is 41.5 Å². The highest BCUT2D eigenvalue weighted by atomic mass is 32.7. The number of nitrogens with two attached hydrogens (primary N) is 2. The van der Waals surface area contributed by atoms with Crippen molar-refractivity contribution in [3.05, 3.63) is 29.3 Å². The minimum Gasteiger partial charge on any atom is -0.387 e. The molecule has 0 aromatic carbocycles. The van der Waals surface area contributed by atoms with E-state index in [9.17, 15) is 19.0 Å². The number of imidazole rings is 2. The Labute approximate surface area is 261 Å². The van der Waals surface area contributed by atoms with Gasteiger partial charge in [0.15, 0.2) is 41.3 Å². The maximum Gasteiger partial charge on any atom is 0.475 e. The number of hydrogen-bond donors (Lipinski definition) is 5. The number of aliphatic hydroxyl groups is 1. The molecule has 0 aliphatic carbocycles. The first-order valence-electron chi connectivity index (χ1n) is 13.3. The summed E-state index contributed by atoms with van der Waals surface area (Å²) >= 11 is 4.05. The molecule has 8 unspecified atom stereocenters. The van der Waals surface area contributed by atoms with Crippen LogP contribution in [0.2, 0.25) is 0 Å². The van der Waals surface area contributed by atoms with E-state index in [1.54, 1.807) is 0 Å². The monoisotopic (exact) mass is 706 g/mol. The highest BCUT2D eigenvalue weighted by Crippen LogP contribution is 2.59. The Morgan fingerprint density at radius 2 is 1.70 bits per heavy atom. The molecule has 0 radical (unpaired) electrons. The third kappa shape index (κ3) is 5.40. The number of ether oxygens (including phenoxy) is 2. The van der Waals surface area contributed by atoms with Gasteiger partial charge in [0.25, 0.3) is 5.56 Å². The summed E-state index contributed by atoms with van der Waals surface area (Å²) < 4.78 is 84.7. The number of nitrogens with one attached hydrogen (secondary N) is 1. The molecule has 4 aromatic heterocycles. The van der Waals surface area contributed by atoms with Gasteiger partial charge in [0, 0.05) is 7.11 Å². The van der Waals surface area contributed by atoms with Crippen LogP contribution in [0.25, 0.3) is 22.3 Å². The van der Waals surface area contributed by atoms with Gasteiger partial charge < -0.3 is 26.0 Å². The molecule has 6 N–H and O–H groups in total. The van der Waals surface area contributed by atoms with Gasteiger partial charge in [-0.1, -0.05) is 12.2 Å². The molecule has 3 saturated heterocycles. The van der Waals surface area contributed by atoms with Crippen molar-refractivity contribution < 1.29 is 50.7 Å². The Morgan fingerprint density at radius 3 is 2.46 bits per heavy atom. The second-order valence-electron chi connectivity index (χ2n) is 10.3. The summed E-state index contributed by atoms with van der Waals surface area (Å²) in [7, 11) is -3.61. The fraction of sp³-hybridized carbons (Fsp3) is 0.524. The Kier molecular flexibility index (Phi) is 7.92. The lowest BCUT2D eigenvalue weighted by Gasteiger charge is -2.26. The first-order chi connectivity index (χ1) is 21.9. The summed E-state index contributed by atoms with van der Waals surface area (Å²) in [5.41, 5.74) is 11.0. The number of nitrogen functional groups attached to an aromatic ring is 2. The van der Waals surface area contributed by atoms with Crippen LogP contribution in [0.1, 0.15) is 12.5 Å². The largest absolute Gasteiger partial charge is 0.475 e. The average molecular weight is 707 g/mol. The number of hydrogen-bond acceptors (Lipinski definition) is 18. The van der Waals surface area contributed by atoms with Crippen LogP contribution in [0, 0.1) is 0 Å². The zero-order valence-corrected chi connectivity index (χ0v) is 26.0. The number of aromatic amines is 1. The van der Waals surface area contributed by atoms with E-state index in [1.165, 1.54) is 15.5 Å². The molecular weight excluding hydrogens is 681 g/mol. The number of H-pyrrole nitrogens is 1. The van der Waals surface area contributed by atoms with E-state index in [0.29, 0.717) is 0 Å². The molecule has 3 fully saturated rings. The SMILES string of the molecule is COP1(=O)OCC2O[C@@H](n3cnc4c(=O)[nH]c(N)nc43)C(OP(=O)(S)OCC3OC(n4cnc5c(N)ncnc54)C(F)[C@H]3O1)C2O. The number of phosphoric ester groups is 1. The zero-order chi connectivity index (χ0) is 32.5. The minimum atomic E-state index is -4.61. The fourth-order valence-corrected chi connectivity index (χ4v) is 7.94. The molecule has 4 aromatic rings. The predicted octanol–water partition coefficient (Wildman–Crippen LogP) is 0.227. The Morgan fingerprint density at radius 1 is 1.00 bits per heavy atom. The second-order valence-corrected chi connectivity index (χ2v) is 14.9. The number of rotatable bonds is 3. The lowest BCUT2D eigenvalue weighted by molar-refractivity contribution is -0.0629. The highest BCUT2D eigenvalue weighted by molar-refractivity contribution is 8.44. The molecule has 7 heterocycles. The third-order valence-electron chi connectivity index (χ3n) is 7.49.